The zero-order valence-corrected chi connectivity index (χ0v) is 23.4. The van der Waals surface area contributed by atoms with Crippen molar-refractivity contribution in [3.8, 4) is 46.0 Å². The predicted octanol–water partition coefficient (Wildman–Crippen LogP) is 8.46. The van der Waals surface area contributed by atoms with Crippen LogP contribution in [0.5, 0.6) is 46.0 Å². The van der Waals surface area contributed by atoms with Crippen molar-refractivity contribution in [1.82, 2.24) is 0 Å². The van der Waals surface area contributed by atoms with Crippen LogP contribution in [0.3, 0.4) is 0 Å². The van der Waals surface area contributed by atoms with Gasteiger partial charge in [0.2, 0.25) is 0 Å². The summed E-state index contributed by atoms with van der Waals surface area (Å²) in [5.74, 6) is 6.13. The van der Waals surface area contributed by atoms with Gasteiger partial charge in [0.25, 0.3) is 0 Å². The summed E-state index contributed by atoms with van der Waals surface area (Å²) >= 11 is 0. The molecule has 0 N–H and O–H groups in total. The fourth-order valence-electron chi connectivity index (χ4n) is 5.76. The van der Waals surface area contributed by atoms with Gasteiger partial charge in [-0.3, -0.25) is 0 Å². The molecule has 0 spiro atoms. The van der Waals surface area contributed by atoms with E-state index in [2.05, 4.69) is 24.3 Å². The van der Waals surface area contributed by atoms with Crippen LogP contribution in [0.25, 0.3) is 0 Å². The van der Waals surface area contributed by atoms with E-state index in [1.165, 1.54) is 0 Å². The fourth-order valence-corrected chi connectivity index (χ4v) is 5.76. The van der Waals surface area contributed by atoms with Gasteiger partial charge in [0.1, 0.15) is 46.0 Å². The highest BCUT2D eigenvalue weighted by molar-refractivity contribution is 5.65. The summed E-state index contributed by atoms with van der Waals surface area (Å²) in [6.45, 7) is 10.3. The minimum absolute atomic E-state index is 0.0533. The third kappa shape index (κ3) is 4.68. The smallest absolute Gasteiger partial charge is 0.134 e. The highest BCUT2D eigenvalue weighted by Gasteiger charge is 2.40. The molecule has 0 aromatic heterocycles. The van der Waals surface area contributed by atoms with Crippen LogP contribution in [-0.4, -0.2) is 26.4 Å². The summed E-state index contributed by atoms with van der Waals surface area (Å²) in [6.07, 6.45) is 0. The van der Waals surface area contributed by atoms with E-state index in [4.69, 9.17) is 28.4 Å². The van der Waals surface area contributed by atoms with Crippen molar-refractivity contribution in [3.05, 3.63) is 95.1 Å². The molecule has 0 saturated heterocycles. The molecule has 6 heteroatoms. The molecule has 0 radical (unpaired) electrons. The molecule has 0 unspecified atom stereocenters. The van der Waals surface area contributed by atoms with Crippen LogP contribution in [-0.2, 0) is 0 Å². The topological polar surface area (TPSA) is 55.4 Å². The fraction of sp³-hybridized carbons (Fsp3) is 0.294. The van der Waals surface area contributed by atoms with Crippen LogP contribution < -0.4 is 28.4 Å². The number of benzene rings is 4. The molecule has 206 valence electrons. The maximum atomic E-state index is 6.52. The number of hydrogen-bond donors (Lipinski definition) is 0. The van der Waals surface area contributed by atoms with Gasteiger partial charge >= 0.3 is 0 Å². The molecule has 2 aliphatic rings. The summed E-state index contributed by atoms with van der Waals surface area (Å²) in [5.41, 5.74) is 4.36. The second kappa shape index (κ2) is 11.0. The number of fused-ring (bicyclic) bond motifs is 4. The Kier molecular flexibility index (Phi) is 7.16. The van der Waals surface area contributed by atoms with E-state index in [1.807, 2.05) is 76.2 Å². The van der Waals surface area contributed by atoms with Crippen LogP contribution in [0.4, 0.5) is 0 Å². The lowest BCUT2D eigenvalue weighted by molar-refractivity contribution is 0.330. The van der Waals surface area contributed by atoms with Gasteiger partial charge in [0, 0.05) is 58.4 Å². The Morgan fingerprint density at radius 3 is 0.900 bits per heavy atom. The number of ether oxygens (including phenoxy) is 6. The van der Waals surface area contributed by atoms with Crippen LogP contribution in [0.15, 0.2) is 72.8 Å². The van der Waals surface area contributed by atoms with Crippen molar-refractivity contribution in [1.29, 1.82) is 0 Å². The lowest BCUT2D eigenvalue weighted by Gasteiger charge is -2.38. The summed E-state index contributed by atoms with van der Waals surface area (Å²) in [6, 6.07) is 24.5. The van der Waals surface area contributed by atoms with E-state index in [-0.39, 0.29) is 11.8 Å². The molecule has 2 aliphatic heterocycles. The first-order valence-corrected chi connectivity index (χ1v) is 14.1. The summed E-state index contributed by atoms with van der Waals surface area (Å²) in [7, 11) is 0. The van der Waals surface area contributed by atoms with E-state index in [1.54, 1.807) is 0 Å². The van der Waals surface area contributed by atoms with Crippen molar-refractivity contribution < 1.29 is 28.4 Å². The Morgan fingerprint density at radius 2 is 0.675 bits per heavy atom. The maximum absolute atomic E-state index is 6.52. The van der Waals surface area contributed by atoms with Gasteiger partial charge in [-0.15, -0.1) is 0 Å². The summed E-state index contributed by atoms with van der Waals surface area (Å²) < 4.78 is 36.4. The van der Waals surface area contributed by atoms with Crippen LogP contribution in [0, 0.1) is 0 Å². The molecular weight excluding hydrogens is 504 g/mol. The molecule has 0 saturated carbocycles. The molecule has 0 aliphatic carbocycles. The molecule has 4 aromatic carbocycles. The molecule has 6 rings (SSSR count). The van der Waals surface area contributed by atoms with E-state index >= 15 is 0 Å². The highest BCUT2D eigenvalue weighted by Crippen LogP contribution is 2.58. The van der Waals surface area contributed by atoms with Gasteiger partial charge in [-0.05, 0) is 52.0 Å². The number of rotatable bonds is 9. The first-order chi connectivity index (χ1) is 19.6. The van der Waals surface area contributed by atoms with Gasteiger partial charge in [0.15, 0.2) is 0 Å². The van der Waals surface area contributed by atoms with Crippen molar-refractivity contribution >= 4 is 0 Å². The Bertz CT molecular complexity index is 1300. The quantitative estimate of drug-likeness (QED) is 0.213. The monoisotopic (exact) mass is 538 g/mol. The van der Waals surface area contributed by atoms with Crippen molar-refractivity contribution in [2.75, 3.05) is 26.4 Å². The minimum atomic E-state index is -0.0533. The highest BCUT2D eigenvalue weighted by atomic mass is 16.5. The molecule has 4 aromatic rings. The molecule has 40 heavy (non-hydrogen) atoms. The molecule has 0 atom stereocenters. The standard InChI is InChI=1S/C34H34O6/c1-5-35-21-9-13-25-29(17-21)39-30-18-22(36-6-2)10-14-26(30)33(25)34-27-15-11-23(37-7-3)19-31(27)40-32-20-24(38-8-4)12-16-28(32)34/h9-20,33-34H,5-8H2,1-4H3. The zero-order valence-electron chi connectivity index (χ0n) is 23.4. The average Bonchev–Trinajstić information content (AvgIpc) is 2.95. The summed E-state index contributed by atoms with van der Waals surface area (Å²) in [4.78, 5) is 0. The Labute approximate surface area is 235 Å². The normalized spacial score (nSPS) is 13.6. The first-order valence-electron chi connectivity index (χ1n) is 14.1. The average molecular weight is 539 g/mol. The molecule has 0 fully saturated rings. The maximum Gasteiger partial charge on any atom is 0.134 e. The van der Waals surface area contributed by atoms with Gasteiger partial charge in [-0.1, -0.05) is 24.3 Å². The Balaban J connectivity index is 1.57. The van der Waals surface area contributed by atoms with E-state index in [9.17, 15) is 0 Å². The Hall–Kier alpha value is -4.32. The third-order valence-corrected chi connectivity index (χ3v) is 7.30. The van der Waals surface area contributed by atoms with Gasteiger partial charge in [-0.25, -0.2) is 0 Å². The van der Waals surface area contributed by atoms with Gasteiger partial charge in [-0.2, -0.15) is 0 Å². The molecule has 0 bridgehead atoms. The summed E-state index contributed by atoms with van der Waals surface area (Å²) in [5, 5.41) is 0. The van der Waals surface area contributed by atoms with Gasteiger partial charge in [0.05, 0.1) is 26.4 Å². The molecular formula is C34H34O6. The van der Waals surface area contributed by atoms with E-state index < -0.39 is 0 Å². The lowest BCUT2D eigenvalue weighted by Crippen LogP contribution is -2.22. The zero-order chi connectivity index (χ0) is 27.6. The van der Waals surface area contributed by atoms with Crippen LogP contribution >= 0.6 is 0 Å². The van der Waals surface area contributed by atoms with Gasteiger partial charge < -0.3 is 28.4 Å². The minimum Gasteiger partial charge on any atom is -0.494 e. The van der Waals surface area contributed by atoms with E-state index in [0.717, 1.165) is 68.2 Å². The third-order valence-electron chi connectivity index (χ3n) is 7.30. The largest absolute Gasteiger partial charge is 0.494 e. The SMILES string of the molecule is CCOc1ccc2c(c1)Oc1cc(OCC)ccc1C2C1c2ccc(OCC)cc2Oc2cc(OCC)ccc21. The molecule has 2 heterocycles. The second-order valence-corrected chi connectivity index (χ2v) is 9.69. The number of hydrogen-bond acceptors (Lipinski definition) is 6. The molecule has 6 nitrogen and oxygen atoms in total. The first kappa shape index (κ1) is 25.9. The van der Waals surface area contributed by atoms with Crippen LogP contribution in [0.2, 0.25) is 0 Å². The van der Waals surface area contributed by atoms with Crippen LogP contribution in [0.1, 0.15) is 61.8 Å². The van der Waals surface area contributed by atoms with Crippen molar-refractivity contribution in [3.63, 3.8) is 0 Å². The molecule has 0 amide bonds. The van der Waals surface area contributed by atoms with Crippen molar-refractivity contribution in [2.24, 2.45) is 0 Å². The lowest BCUT2D eigenvalue weighted by atomic mass is 9.71. The Morgan fingerprint density at radius 1 is 0.425 bits per heavy atom. The van der Waals surface area contributed by atoms with E-state index in [0.29, 0.717) is 26.4 Å². The predicted molar refractivity (Wildman–Crippen MR) is 154 cm³/mol. The van der Waals surface area contributed by atoms with Crippen molar-refractivity contribution in [2.45, 2.75) is 39.5 Å². The second-order valence-electron chi connectivity index (χ2n) is 9.69.